The van der Waals surface area contributed by atoms with E-state index in [1.165, 1.54) is 28.1 Å². The molecule has 9 heteroatoms. The van der Waals surface area contributed by atoms with Gasteiger partial charge in [0.05, 0.1) is 9.82 Å². The average molecular weight is 440 g/mol. The number of nitrogens with zero attached hydrogens (tertiary/aromatic N) is 3. The molecule has 0 saturated carbocycles. The summed E-state index contributed by atoms with van der Waals surface area (Å²) in [6, 6.07) is 13.2. The molecule has 0 aromatic heterocycles. The number of nitro benzene ring substituents is 1. The van der Waals surface area contributed by atoms with Gasteiger partial charge >= 0.3 is 0 Å². The molecular formula is C17H18BrN3O4S. The van der Waals surface area contributed by atoms with Crippen molar-refractivity contribution in [3.63, 3.8) is 0 Å². The zero-order valence-corrected chi connectivity index (χ0v) is 16.3. The zero-order valence-electron chi connectivity index (χ0n) is 13.9. The van der Waals surface area contributed by atoms with E-state index >= 15 is 0 Å². The Labute approximate surface area is 160 Å². The van der Waals surface area contributed by atoms with Gasteiger partial charge < -0.3 is 0 Å². The summed E-state index contributed by atoms with van der Waals surface area (Å²) in [6.07, 6.45) is 0. The van der Waals surface area contributed by atoms with Crippen molar-refractivity contribution in [1.82, 2.24) is 9.21 Å². The lowest BCUT2D eigenvalue weighted by Gasteiger charge is -2.34. The first-order valence-electron chi connectivity index (χ1n) is 8.08. The minimum atomic E-state index is -3.72. The van der Waals surface area contributed by atoms with E-state index in [0.29, 0.717) is 26.2 Å². The Hall–Kier alpha value is -1.81. The number of hydrogen-bond donors (Lipinski definition) is 0. The van der Waals surface area contributed by atoms with Gasteiger partial charge in [0.15, 0.2) is 0 Å². The third-order valence-corrected chi connectivity index (χ3v) is 6.74. The predicted octanol–water partition coefficient (Wildman–Crippen LogP) is 2.86. The Morgan fingerprint density at radius 2 is 1.69 bits per heavy atom. The SMILES string of the molecule is O=[N+]([O-])c1cccc(S(=O)(=O)N2CCN(Cc3ccc(Br)cc3)CC2)c1. The maximum absolute atomic E-state index is 12.7. The van der Waals surface area contributed by atoms with Gasteiger partial charge in [-0.15, -0.1) is 0 Å². The molecule has 0 atom stereocenters. The fourth-order valence-corrected chi connectivity index (χ4v) is 4.61. The number of hydrogen-bond acceptors (Lipinski definition) is 5. The molecule has 1 fully saturated rings. The standard InChI is InChI=1S/C17H18BrN3O4S/c18-15-6-4-14(5-7-15)13-19-8-10-20(11-9-19)26(24,25)17-3-1-2-16(12-17)21(22)23/h1-7,12H,8-11,13H2. The van der Waals surface area contributed by atoms with Crippen LogP contribution in [-0.2, 0) is 16.6 Å². The molecule has 1 saturated heterocycles. The van der Waals surface area contributed by atoms with Gasteiger partial charge in [-0.1, -0.05) is 34.1 Å². The maximum Gasteiger partial charge on any atom is 0.270 e. The Morgan fingerprint density at radius 1 is 1.04 bits per heavy atom. The van der Waals surface area contributed by atoms with E-state index in [1.54, 1.807) is 0 Å². The minimum absolute atomic E-state index is 0.0342. The van der Waals surface area contributed by atoms with E-state index < -0.39 is 14.9 Å². The van der Waals surface area contributed by atoms with Crippen LogP contribution in [0.4, 0.5) is 5.69 Å². The van der Waals surface area contributed by atoms with Crippen LogP contribution in [0.1, 0.15) is 5.56 Å². The first-order valence-corrected chi connectivity index (χ1v) is 10.3. The molecule has 1 heterocycles. The summed E-state index contributed by atoms with van der Waals surface area (Å²) < 4.78 is 27.9. The van der Waals surface area contributed by atoms with Crippen LogP contribution in [0.2, 0.25) is 0 Å². The predicted molar refractivity (Wildman–Crippen MR) is 101 cm³/mol. The van der Waals surface area contributed by atoms with Crippen molar-refractivity contribution in [3.8, 4) is 0 Å². The normalized spacial score (nSPS) is 16.5. The molecular weight excluding hydrogens is 422 g/mol. The molecule has 0 radical (unpaired) electrons. The lowest BCUT2D eigenvalue weighted by Crippen LogP contribution is -2.48. The van der Waals surface area contributed by atoms with Crippen molar-refractivity contribution in [1.29, 1.82) is 0 Å². The summed E-state index contributed by atoms with van der Waals surface area (Å²) in [5.74, 6) is 0. The first-order chi connectivity index (χ1) is 12.4. The van der Waals surface area contributed by atoms with Crippen molar-refractivity contribution in [2.24, 2.45) is 0 Å². The number of halogens is 1. The van der Waals surface area contributed by atoms with Crippen LogP contribution in [-0.4, -0.2) is 48.7 Å². The van der Waals surface area contributed by atoms with Crippen molar-refractivity contribution in [3.05, 3.63) is 68.7 Å². The van der Waals surface area contributed by atoms with Crippen LogP contribution in [0.5, 0.6) is 0 Å². The number of rotatable bonds is 5. The van der Waals surface area contributed by atoms with Gasteiger partial charge in [0.2, 0.25) is 10.0 Å². The number of piperazine rings is 1. The Balaban J connectivity index is 1.66. The number of nitro groups is 1. The molecule has 0 spiro atoms. The number of benzene rings is 2. The second-order valence-corrected chi connectivity index (χ2v) is 8.91. The number of sulfonamides is 1. The van der Waals surface area contributed by atoms with E-state index in [0.717, 1.165) is 17.1 Å². The Kier molecular flexibility index (Phi) is 5.71. The molecule has 2 aromatic rings. The third kappa shape index (κ3) is 4.29. The van der Waals surface area contributed by atoms with Crippen molar-refractivity contribution in [2.75, 3.05) is 26.2 Å². The van der Waals surface area contributed by atoms with Crippen molar-refractivity contribution < 1.29 is 13.3 Å². The van der Waals surface area contributed by atoms with E-state index in [2.05, 4.69) is 20.8 Å². The number of non-ortho nitro benzene ring substituents is 1. The van der Waals surface area contributed by atoms with Crippen molar-refractivity contribution in [2.45, 2.75) is 11.4 Å². The van der Waals surface area contributed by atoms with Gasteiger partial charge in [-0.05, 0) is 23.8 Å². The summed E-state index contributed by atoms with van der Waals surface area (Å²) in [5, 5.41) is 10.9. The molecule has 7 nitrogen and oxygen atoms in total. The Morgan fingerprint density at radius 3 is 2.31 bits per heavy atom. The van der Waals surface area contributed by atoms with Gasteiger partial charge in [0, 0.05) is 49.3 Å². The summed E-state index contributed by atoms with van der Waals surface area (Å²) in [7, 11) is -3.72. The highest BCUT2D eigenvalue weighted by Gasteiger charge is 2.29. The highest BCUT2D eigenvalue weighted by atomic mass is 79.9. The topological polar surface area (TPSA) is 83.8 Å². The van der Waals surface area contributed by atoms with Crippen LogP contribution in [0.3, 0.4) is 0 Å². The van der Waals surface area contributed by atoms with E-state index in [1.807, 2.05) is 24.3 Å². The fourth-order valence-electron chi connectivity index (χ4n) is 2.88. The quantitative estimate of drug-likeness (QED) is 0.528. The van der Waals surface area contributed by atoms with Crippen LogP contribution in [0.15, 0.2) is 57.9 Å². The van der Waals surface area contributed by atoms with Gasteiger partial charge in [-0.2, -0.15) is 4.31 Å². The molecule has 0 unspecified atom stereocenters. The Bertz CT molecular complexity index is 894. The first kappa shape index (κ1) is 19.0. The summed E-state index contributed by atoms with van der Waals surface area (Å²) in [5.41, 5.74) is 0.947. The molecule has 3 rings (SSSR count). The van der Waals surface area contributed by atoms with Crippen LogP contribution in [0.25, 0.3) is 0 Å². The van der Waals surface area contributed by atoms with Gasteiger partial charge in [-0.3, -0.25) is 15.0 Å². The average Bonchev–Trinajstić information content (AvgIpc) is 2.64. The minimum Gasteiger partial charge on any atom is -0.296 e. The van der Waals surface area contributed by atoms with Crippen LogP contribution >= 0.6 is 15.9 Å². The lowest BCUT2D eigenvalue weighted by atomic mass is 10.2. The molecule has 2 aromatic carbocycles. The monoisotopic (exact) mass is 439 g/mol. The maximum atomic E-state index is 12.7. The van der Waals surface area contributed by atoms with Gasteiger partial charge in [0.25, 0.3) is 5.69 Å². The molecule has 1 aliphatic rings. The zero-order chi connectivity index (χ0) is 18.7. The molecule has 0 N–H and O–H groups in total. The van der Waals surface area contributed by atoms with E-state index in [9.17, 15) is 18.5 Å². The molecule has 0 amide bonds. The van der Waals surface area contributed by atoms with Crippen LogP contribution < -0.4 is 0 Å². The second-order valence-electron chi connectivity index (χ2n) is 6.06. The summed E-state index contributed by atoms with van der Waals surface area (Å²) >= 11 is 3.41. The second kappa shape index (κ2) is 7.83. The molecule has 0 aliphatic carbocycles. The lowest BCUT2D eigenvalue weighted by molar-refractivity contribution is -0.385. The summed E-state index contributed by atoms with van der Waals surface area (Å²) in [6.45, 7) is 2.72. The van der Waals surface area contributed by atoms with E-state index in [4.69, 9.17) is 0 Å². The smallest absolute Gasteiger partial charge is 0.270 e. The molecule has 1 aliphatic heterocycles. The molecule has 26 heavy (non-hydrogen) atoms. The molecule has 0 bridgehead atoms. The largest absolute Gasteiger partial charge is 0.296 e. The third-order valence-electron chi connectivity index (χ3n) is 4.32. The van der Waals surface area contributed by atoms with Gasteiger partial charge in [-0.25, -0.2) is 8.42 Å². The fraction of sp³-hybridized carbons (Fsp3) is 0.294. The van der Waals surface area contributed by atoms with Gasteiger partial charge in [0.1, 0.15) is 0 Å². The van der Waals surface area contributed by atoms with Crippen molar-refractivity contribution >= 4 is 31.6 Å². The molecule has 138 valence electrons. The highest BCUT2D eigenvalue weighted by Crippen LogP contribution is 2.22. The summed E-state index contributed by atoms with van der Waals surface area (Å²) in [4.78, 5) is 12.5. The highest BCUT2D eigenvalue weighted by molar-refractivity contribution is 9.10. The van der Waals surface area contributed by atoms with E-state index in [-0.39, 0.29) is 10.6 Å². The van der Waals surface area contributed by atoms with Crippen LogP contribution in [0, 0.1) is 10.1 Å².